The summed E-state index contributed by atoms with van der Waals surface area (Å²) in [4.78, 5) is 0. The van der Waals surface area contributed by atoms with Gasteiger partial charge in [0.2, 0.25) is 0 Å². The van der Waals surface area contributed by atoms with Crippen LogP contribution in [0.15, 0.2) is 22.7 Å². The molecular weight excluding hydrogens is 326 g/mol. The summed E-state index contributed by atoms with van der Waals surface area (Å²) in [6.45, 7) is 5.42. The maximum Gasteiger partial charge on any atom is 0.0692 e. The van der Waals surface area contributed by atoms with Gasteiger partial charge < -0.3 is 10.1 Å². The van der Waals surface area contributed by atoms with Crippen molar-refractivity contribution >= 4 is 15.9 Å². The fourth-order valence-electron chi connectivity index (χ4n) is 3.98. The van der Waals surface area contributed by atoms with E-state index in [2.05, 4.69) is 53.3 Å². The Hall–Kier alpha value is -0.380. The average molecular weight is 352 g/mol. The molecule has 116 valence electrons. The normalized spacial score (nSPS) is 27.6. The highest BCUT2D eigenvalue weighted by atomic mass is 79.9. The van der Waals surface area contributed by atoms with Crippen LogP contribution in [-0.2, 0) is 11.2 Å². The number of hydrogen-bond acceptors (Lipinski definition) is 2. The Morgan fingerprint density at radius 1 is 1.29 bits per heavy atom. The summed E-state index contributed by atoms with van der Waals surface area (Å²) in [7, 11) is 0. The van der Waals surface area contributed by atoms with Crippen molar-refractivity contribution < 1.29 is 4.74 Å². The minimum atomic E-state index is 0.106. The molecule has 3 rings (SSSR count). The fraction of sp³-hybridized carbons (Fsp3) is 0.667. The van der Waals surface area contributed by atoms with Crippen molar-refractivity contribution in [2.75, 3.05) is 6.61 Å². The van der Waals surface area contributed by atoms with Crippen LogP contribution in [0.2, 0.25) is 0 Å². The molecule has 1 saturated heterocycles. The van der Waals surface area contributed by atoms with E-state index in [1.165, 1.54) is 28.4 Å². The van der Waals surface area contributed by atoms with Gasteiger partial charge in [-0.25, -0.2) is 0 Å². The second-order valence-corrected chi connectivity index (χ2v) is 7.35. The molecule has 1 heterocycles. The second kappa shape index (κ2) is 6.39. The number of halogens is 1. The zero-order valence-electron chi connectivity index (χ0n) is 13.1. The molecular formula is C18H26BrNO. The summed E-state index contributed by atoms with van der Waals surface area (Å²) in [5, 5.41) is 3.92. The zero-order valence-corrected chi connectivity index (χ0v) is 14.7. The molecule has 0 radical (unpaired) electrons. The van der Waals surface area contributed by atoms with Crippen LogP contribution >= 0.6 is 15.9 Å². The Morgan fingerprint density at radius 3 is 2.86 bits per heavy atom. The number of hydrogen-bond donors (Lipinski definition) is 1. The van der Waals surface area contributed by atoms with E-state index in [9.17, 15) is 0 Å². The highest BCUT2D eigenvalue weighted by Crippen LogP contribution is 2.38. The Kier molecular flexibility index (Phi) is 4.72. The summed E-state index contributed by atoms with van der Waals surface area (Å²) in [5.74, 6) is 0. The minimum Gasteiger partial charge on any atom is -0.375 e. The van der Waals surface area contributed by atoms with Crippen LogP contribution in [0.25, 0.3) is 0 Å². The molecule has 1 N–H and O–H groups in total. The lowest BCUT2D eigenvalue weighted by atomic mass is 9.85. The van der Waals surface area contributed by atoms with E-state index >= 15 is 0 Å². The Labute approximate surface area is 136 Å². The maximum atomic E-state index is 6.10. The topological polar surface area (TPSA) is 21.3 Å². The van der Waals surface area contributed by atoms with E-state index in [-0.39, 0.29) is 5.60 Å². The third kappa shape index (κ3) is 3.06. The SMILES string of the molecule is CCC1(CC)CC(NC2CCc3c(Br)cccc32)CCO1. The van der Waals surface area contributed by atoms with E-state index in [1.807, 2.05) is 0 Å². The molecule has 0 saturated carbocycles. The molecule has 2 aliphatic rings. The van der Waals surface area contributed by atoms with Gasteiger partial charge in [-0.3, -0.25) is 0 Å². The van der Waals surface area contributed by atoms with Crippen LogP contribution in [0, 0.1) is 0 Å². The Morgan fingerprint density at radius 2 is 2.10 bits per heavy atom. The maximum absolute atomic E-state index is 6.10. The minimum absolute atomic E-state index is 0.106. The van der Waals surface area contributed by atoms with Crippen molar-refractivity contribution in [2.45, 2.75) is 70.1 Å². The molecule has 2 unspecified atom stereocenters. The van der Waals surface area contributed by atoms with Crippen LogP contribution in [0.3, 0.4) is 0 Å². The first kappa shape index (κ1) is 15.5. The lowest BCUT2D eigenvalue weighted by Gasteiger charge is -2.41. The van der Waals surface area contributed by atoms with Crippen molar-refractivity contribution in [3.8, 4) is 0 Å². The van der Waals surface area contributed by atoms with E-state index < -0.39 is 0 Å². The van der Waals surface area contributed by atoms with Crippen LogP contribution in [0.5, 0.6) is 0 Å². The molecule has 3 heteroatoms. The molecule has 21 heavy (non-hydrogen) atoms. The van der Waals surface area contributed by atoms with Crippen molar-refractivity contribution in [3.63, 3.8) is 0 Å². The number of ether oxygens (including phenoxy) is 1. The predicted octanol–water partition coefficient (Wildman–Crippen LogP) is 4.76. The molecule has 1 aliphatic heterocycles. The number of rotatable bonds is 4. The molecule has 0 amide bonds. The van der Waals surface area contributed by atoms with Crippen LogP contribution in [0.1, 0.15) is 63.1 Å². The third-order valence-corrected chi connectivity index (χ3v) is 6.17. The van der Waals surface area contributed by atoms with Gasteiger partial charge in [0.25, 0.3) is 0 Å². The monoisotopic (exact) mass is 351 g/mol. The zero-order chi connectivity index (χ0) is 14.9. The van der Waals surface area contributed by atoms with Gasteiger partial charge in [0.05, 0.1) is 5.60 Å². The number of fused-ring (bicyclic) bond motifs is 1. The molecule has 0 aromatic heterocycles. The van der Waals surface area contributed by atoms with Gasteiger partial charge in [-0.15, -0.1) is 0 Å². The molecule has 1 aliphatic carbocycles. The van der Waals surface area contributed by atoms with Gasteiger partial charge in [0, 0.05) is 23.2 Å². The number of nitrogens with one attached hydrogen (secondary N) is 1. The number of benzene rings is 1. The van der Waals surface area contributed by atoms with E-state index in [1.54, 1.807) is 0 Å². The molecule has 1 aromatic carbocycles. The first-order valence-electron chi connectivity index (χ1n) is 8.34. The summed E-state index contributed by atoms with van der Waals surface area (Å²) in [6.07, 6.45) is 6.94. The fourth-order valence-corrected chi connectivity index (χ4v) is 4.56. The predicted molar refractivity (Wildman–Crippen MR) is 90.6 cm³/mol. The summed E-state index contributed by atoms with van der Waals surface area (Å²) in [6, 6.07) is 7.72. The van der Waals surface area contributed by atoms with Crippen LogP contribution in [0.4, 0.5) is 0 Å². The highest BCUT2D eigenvalue weighted by molar-refractivity contribution is 9.10. The van der Waals surface area contributed by atoms with Gasteiger partial charge in [0.1, 0.15) is 0 Å². The average Bonchev–Trinajstić information content (AvgIpc) is 2.92. The smallest absolute Gasteiger partial charge is 0.0692 e. The second-order valence-electron chi connectivity index (χ2n) is 6.49. The highest BCUT2D eigenvalue weighted by Gasteiger charge is 2.36. The Balaban J connectivity index is 1.70. The summed E-state index contributed by atoms with van der Waals surface area (Å²) >= 11 is 3.69. The van der Waals surface area contributed by atoms with E-state index in [4.69, 9.17) is 4.74 Å². The molecule has 2 atom stereocenters. The van der Waals surface area contributed by atoms with E-state index in [0.29, 0.717) is 12.1 Å². The van der Waals surface area contributed by atoms with E-state index in [0.717, 1.165) is 32.3 Å². The molecule has 2 nitrogen and oxygen atoms in total. The lowest BCUT2D eigenvalue weighted by Crippen LogP contribution is -2.47. The van der Waals surface area contributed by atoms with Gasteiger partial charge in [0.15, 0.2) is 0 Å². The van der Waals surface area contributed by atoms with Crippen molar-refractivity contribution in [3.05, 3.63) is 33.8 Å². The largest absolute Gasteiger partial charge is 0.375 e. The van der Waals surface area contributed by atoms with Gasteiger partial charge in [-0.05, 0) is 55.7 Å². The van der Waals surface area contributed by atoms with Crippen LogP contribution in [-0.4, -0.2) is 18.2 Å². The van der Waals surface area contributed by atoms with Crippen molar-refractivity contribution in [2.24, 2.45) is 0 Å². The Bertz CT molecular complexity index is 498. The van der Waals surface area contributed by atoms with Crippen molar-refractivity contribution in [1.29, 1.82) is 0 Å². The molecule has 1 aromatic rings. The van der Waals surface area contributed by atoms with Gasteiger partial charge in [-0.1, -0.05) is 41.9 Å². The third-order valence-electron chi connectivity index (χ3n) is 5.43. The quantitative estimate of drug-likeness (QED) is 0.843. The van der Waals surface area contributed by atoms with Gasteiger partial charge in [-0.2, -0.15) is 0 Å². The first-order chi connectivity index (χ1) is 10.2. The van der Waals surface area contributed by atoms with Gasteiger partial charge >= 0.3 is 0 Å². The summed E-state index contributed by atoms with van der Waals surface area (Å²) in [5.41, 5.74) is 3.10. The molecule has 0 spiro atoms. The first-order valence-corrected chi connectivity index (χ1v) is 9.14. The lowest BCUT2D eigenvalue weighted by molar-refractivity contribution is -0.0941. The van der Waals surface area contributed by atoms with Crippen LogP contribution < -0.4 is 5.32 Å². The van der Waals surface area contributed by atoms with Crippen molar-refractivity contribution in [1.82, 2.24) is 5.32 Å². The standard InChI is InChI=1S/C18H26BrNO/c1-3-18(4-2)12-13(10-11-21-18)20-17-9-8-14-15(17)6-5-7-16(14)19/h5-7,13,17,20H,3-4,8-12H2,1-2H3. The summed E-state index contributed by atoms with van der Waals surface area (Å²) < 4.78 is 7.37. The molecule has 1 fully saturated rings. The molecule has 0 bridgehead atoms.